The first-order chi connectivity index (χ1) is 7.63. The Morgan fingerprint density at radius 3 is 2.75 bits per heavy atom. The molecular formula is C11H18N2O3. The first-order valence-corrected chi connectivity index (χ1v) is 5.33. The topological polar surface area (TPSA) is 84.6 Å². The normalized spacial score (nSPS) is 20.8. The highest BCUT2D eigenvalue weighted by Gasteiger charge is 2.34. The first-order valence-electron chi connectivity index (χ1n) is 5.33. The molecular weight excluding hydrogens is 208 g/mol. The minimum absolute atomic E-state index is 0.106. The minimum atomic E-state index is -0.712. The third kappa shape index (κ3) is 3.20. The molecule has 90 valence electrons. The number of aliphatic hydroxyl groups excluding tert-OH is 1. The van der Waals surface area contributed by atoms with Gasteiger partial charge >= 0.3 is 0 Å². The Balaban J connectivity index is 2.55. The molecule has 1 amide bonds. The Bertz CT molecular complexity index is 279. The molecule has 0 aromatic heterocycles. The van der Waals surface area contributed by atoms with Gasteiger partial charge in [-0.1, -0.05) is 0 Å². The minimum Gasteiger partial charge on any atom is -0.394 e. The fraction of sp³-hybridized carbons (Fsp3) is 0.727. The maximum absolute atomic E-state index is 11.7. The van der Waals surface area contributed by atoms with Crippen LogP contribution in [0.2, 0.25) is 0 Å². The summed E-state index contributed by atoms with van der Waals surface area (Å²) in [4.78, 5) is 11.7. The van der Waals surface area contributed by atoms with Crippen LogP contribution in [0.25, 0.3) is 0 Å². The molecule has 0 spiro atoms. The van der Waals surface area contributed by atoms with Gasteiger partial charge in [0.05, 0.1) is 18.2 Å². The summed E-state index contributed by atoms with van der Waals surface area (Å²) >= 11 is 0. The van der Waals surface area contributed by atoms with Crippen LogP contribution in [0.5, 0.6) is 0 Å². The molecule has 4 N–H and O–H groups in total. The molecule has 0 aromatic rings. The number of carbonyl (C=O) groups is 1. The van der Waals surface area contributed by atoms with Crippen LogP contribution >= 0.6 is 0 Å². The van der Waals surface area contributed by atoms with Gasteiger partial charge in [-0.05, 0) is 12.8 Å². The van der Waals surface area contributed by atoms with Gasteiger partial charge in [0.15, 0.2) is 0 Å². The van der Waals surface area contributed by atoms with Crippen molar-refractivity contribution in [3.05, 3.63) is 0 Å². The van der Waals surface area contributed by atoms with E-state index in [1.165, 1.54) is 0 Å². The number of nitrogens with one attached hydrogen (secondary N) is 1. The Kier molecular flexibility index (Phi) is 4.74. The second-order valence-electron chi connectivity index (χ2n) is 4.05. The summed E-state index contributed by atoms with van der Waals surface area (Å²) in [6.45, 7) is 0.960. The average Bonchev–Trinajstić information content (AvgIpc) is 2.30. The zero-order valence-corrected chi connectivity index (χ0v) is 9.24. The molecule has 1 saturated heterocycles. The molecule has 5 nitrogen and oxygen atoms in total. The summed E-state index contributed by atoms with van der Waals surface area (Å²) in [5.41, 5.74) is 5.00. The van der Waals surface area contributed by atoms with Crippen molar-refractivity contribution in [2.24, 2.45) is 5.73 Å². The quantitative estimate of drug-likeness (QED) is 0.536. The molecule has 1 unspecified atom stereocenters. The lowest BCUT2D eigenvalue weighted by Gasteiger charge is -2.36. The highest BCUT2D eigenvalue weighted by atomic mass is 16.5. The number of hydrogen-bond donors (Lipinski definition) is 3. The Labute approximate surface area is 95.3 Å². The molecule has 1 aliphatic heterocycles. The van der Waals surface area contributed by atoms with Crippen molar-refractivity contribution in [3.63, 3.8) is 0 Å². The van der Waals surface area contributed by atoms with Gasteiger partial charge in [0.2, 0.25) is 5.91 Å². The fourth-order valence-electron chi connectivity index (χ4n) is 1.66. The number of terminal acetylenes is 1. The van der Waals surface area contributed by atoms with E-state index in [2.05, 4.69) is 11.2 Å². The highest BCUT2D eigenvalue weighted by Crippen LogP contribution is 2.20. The number of ether oxygens (including phenoxy) is 1. The first kappa shape index (κ1) is 13.0. The predicted molar refractivity (Wildman–Crippen MR) is 59.4 cm³/mol. The van der Waals surface area contributed by atoms with E-state index in [0.29, 0.717) is 26.1 Å². The van der Waals surface area contributed by atoms with Crippen LogP contribution in [0, 0.1) is 12.3 Å². The monoisotopic (exact) mass is 226 g/mol. The number of amides is 1. The average molecular weight is 226 g/mol. The van der Waals surface area contributed by atoms with E-state index in [4.69, 9.17) is 16.9 Å². The lowest BCUT2D eigenvalue weighted by molar-refractivity contribution is -0.126. The Morgan fingerprint density at radius 2 is 2.25 bits per heavy atom. The van der Waals surface area contributed by atoms with Crippen molar-refractivity contribution in [2.75, 3.05) is 19.8 Å². The highest BCUT2D eigenvalue weighted by molar-refractivity contribution is 5.82. The van der Waals surface area contributed by atoms with Gasteiger partial charge in [-0.2, -0.15) is 0 Å². The lowest BCUT2D eigenvalue weighted by Crippen LogP contribution is -2.58. The summed E-state index contributed by atoms with van der Waals surface area (Å²) in [6, 6.07) is -0.712. The number of rotatable bonds is 4. The molecule has 1 aliphatic rings. The lowest BCUT2D eigenvalue weighted by atomic mass is 9.90. The van der Waals surface area contributed by atoms with Gasteiger partial charge in [0.1, 0.15) is 0 Å². The molecule has 1 atom stereocenters. The van der Waals surface area contributed by atoms with Gasteiger partial charge in [-0.15, -0.1) is 12.3 Å². The van der Waals surface area contributed by atoms with Crippen molar-refractivity contribution in [2.45, 2.75) is 30.8 Å². The van der Waals surface area contributed by atoms with E-state index in [-0.39, 0.29) is 18.9 Å². The maximum atomic E-state index is 11.7. The molecule has 1 fully saturated rings. The third-order valence-electron chi connectivity index (χ3n) is 2.82. The van der Waals surface area contributed by atoms with Crippen LogP contribution in [0.3, 0.4) is 0 Å². The van der Waals surface area contributed by atoms with E-state index in [1.807, 2.05) is 0 Å². The van der Waals surface area contributed by atoms with Crippen LogP contribution in [-0.4, -0.2) is 42.4 Å². The molecule has 1 heterocycles. The standard InChI is InChI=1S/C11H18N2O3/c1-2-3-9(12)10(15)13-11(8-14)4-6-16-7-5-11/h1,9,14H,3-8,12H2,(H,13,15). The van der Waals surface area contributed by atoms with Crippen molar-refractivity contribution in [1.82, 2.24) is 5.32 Å². The van der Waals surface area contributed by atoms with E-state index in [9.17, 15) is 9.90 Å². The van der Waals surface area contributed by atoms with Crippen LogP contribution in [0.1, 0.15) is 19.3 Å². The largest absolute Gasteiger partial charge is 0.394 e. The Morgan fingerprint density at radius 1 is 1.62 bits per heavy atom. The number of nitrogens with two attached hydrogens (primary N) is 1. The van der Waals surface area contributed by atoms with Crippen LogP contribution in [0.4, 0.5) is 0 Å². The molecule has 0 radical (unpaired) electrons. The van der Waals surface area contributed by atoms with E-state index >= 15 is 0 Å². The maximum Gasteiger partial charge on any atom is 0.238 e. The summed E-state index contributed by atoms with van der Waals surface area (Å²) in [7, 11) is 0. The van der Waals surface area contributed by atoms with Gasteiger partial charge in [-0.25, -0.2) is 0 Å². The van der Waals surface area contributed by atoms with Crippen molar-refractivity contribution in [3.8, 4) is 12.3 Å². The number of carbonyl (C=O) groups excluding carboxylic acids is 1. The molecule has 0 saturated carbocycles. The molecule has 0 bridgehead atoms. The van der Waals surface area contributed by atoms with E-state index in [1.54, 1.807) is 0 Å². The second-order valence-corrected chi connectivity index (χ2v) is 4.05. The van der Waals surface area contributed by atoms with Gasteiger partial charge in [0.25, 0.3) is 0 Å². The zero-order chi connectivity index (χ0) is 12.0. The molecule has 0 aliphatic carbocycles. The Hall–Kier alpha value is -1.09. The van der Waals surface area contributed by atoms with Gasteiger partial charge in [0, 0.05) is 19.6 Å². The van der Waals surface area contributed by atoms with E-state index in [0.717, 1.165) is 0 Å². The molecule has 1 rings (SSSR count). The SMILES string of the molecule is C#CCC(N)C(=O)NC1(CO)CCOCC1. The second kappa shape index (κ2) is 5.85. The summed E-state index contributed by atoms with van der Waals surface area (Å²) < 4.78 is 5.19. The summed E-state index contributed by atoms with van der Waals surface area (Å²) in [5.74, 6) is 2.03. The van der Waals surface area contributed by atoms with Crippen LogP contribution in [-0.2, 0) is 9.53 Å². The molecule has 5 heteroatoms. The van der Waals surface area contributed by atoms with Crippen molar-refractivity contribution in [1.29, 1.82) is 0 Å². The number of hydrogen-bond acceptors (Lipinski definition) is 4. The van der Waals surface area contributed by atoms with Crippen LogP contribution < -0.4 is 11.1 Å². The van der Waals surface area contributed by atoms with Gasteiger partial charge in [-0.3, -0.25) is 4.79 Å². The van der Waals surface area contributed by atoms with Gasteiger partial charge < -0.3 is 20.9 Å². The van der Waals surface area contributed by atoms with Crippen LogP contribution in [0.15, 0.2) is 0 Å². The zero-order valence-electron chi connectivity index (χ0n) is 9.24. The summed E-state index contributed by atoms with van der Waals surface area (Å²) in [6.07, 6.45) is 6.48. The fourth-order valence-corrected chi connectivity index (χ4v) is 1.66. The van der Waals surface area contributed by atoms with E-state index < -0.39 is 11.6 Å². The van der Waals surface area contributed by atoms with Crippen molar-refractivity contribution < 1.29 is 14.6 Å². The third-order valence-corrected chi connectivity index (χ3v) is 2.82. The summed E-state index contributed by atoms with van der Waals surface area (Å²) in [5, 5.41) is 12.1. The number of aliphatic hydroxyl groups is 1. The predicted octanol–water partition coefficient (Wildman–Crippen LogP) is -1.01. The smallest absolute Gasteiger partial charge is 0.238 e. The molecule has 16 heavy (non-hydrogen) atoms. The van der Waals surface area contributed by atoms with Crippen molar-refractivity contribution >= 4 is 5.91 Å². The molecule has 0 aromatic carbocycles.